The minimum Gasteiger partial charge on any atom is -0.480 e. The van der Waals surface area contributed by atoms with Crippen LogP contribution >= 0.6 is 34.8 Å². The number of benzene rings is 2. The molecule has 0 aliphatic carbocycles. The van der Waals surface area contributed by atoms with Gasteiger partial charge in [-0.05, 0) is 59.7 Å². The normalized spacial score (nSPS) is 20.8. The Kier molecular flexibility index (Phi) is 5.36. The fourth-order valence-corrected chi connectivity index (χ4v) is 4.05. The molecule has 3 nitrogen and oxygen atoms in total. The van der Waals surface area contributed by atoms with Gasteiger partial charge in [-0.15, -0.1) is 0 Å². The van der Waals surface area contributed by atoms with E-state index in [-0.39, 0.29) is 5.92 Å². The van der Waals surface area contributed by atoms with Crippen LogP contribution < -0.4 is 5.32 Å². The summed E-state index contributed by atoms with van der Waals surface area (Å²) < 4.78 is 0. The Hall–Kier alpha value is -1.26. The Labute approximate surface area is 155 Å². The summed E-state index contributed by atoms with van der Waals surface area (Å²) in [6.45, 7) is 0.561. The molecule has 0 aromatic heterocycles. The van der Waals surface area contributed by atoms with Crippen molar-refractivity contribution in [3.63, 3.8) is 0 Å². The average Bonchev–Trinajstić information content (AvgIpc) is 2.54. The molecule has 1 fully saturated rings. The smallest absolute Gasteiger partial charge is 0.320 e. The zero-order chi connectivity index (χ0) is 17.3. The molecule has 1 aliphatic rings. The lowest BCUT2D eigenvalue weighted by molar-refractivity contribution is -0.140. The highest BCUT2D eigenvalue weighted by atomic mass is 35.5. The summed E-state index contributed by atoms with van der Waals surface area (Å²) in [6, 6.07) is 10.7. The Balaban J connectivity index is 2.00. The molecule has 2 unspecified atom stereocenters. The second-order valence-electron chi connectivity index (χ2n) is 5.93. The largest absolute Gasteiger partial charge is 0.480 e. The van der Waals surface area contributed by atoms with Crippen molar-refractivity contribution in [3.8, 4) is 11.1 Å². The quantitative estimate of drug-likeness (QED) is 0.761. The molecular weight excluding hydrogens is 369 g/mol. The summed E-state index contributed by atoms with van der Waals surface area (Å²) in [6.07, 6.45) is 1.31. The lowest BCUT2D eigenvalue weighted by Gasteiger charge is -2.30. The zero-order valence-corrected chi connectivity index (χ0v) is 15.0. The van der Waals surface area contributed by atoms with E-state index >= 15 is 0 Å². The Bertz CT molecular complexity index is 771. The molecule has 1 heterocycles. The van der Waals surface area contributed by atoms with Gasteiger partial charge in [0.1, 0.15) is 6.04 Å². The second-order valence-corrected chi connectivity index (χ2v) is 7.21. The first-order valence-electron chi connectivity index (χ1n) is 7.67. The lowest BCUT2D eigenvalue weighted by atomic mass is 9.84. The highest BCUT2D eigenvalue weighted by Gasteiger charge is 2.29. The number of rotatable bonds is 3. The molecule has 0 bridgehead atoms. The first kappa shape index (κ1) is 17.6. The number of piperidine rings is 1. The topological polar surface area (TPSA) is 49.3 Å². The van der Waals surface area contributed by atoms with E-state index in [4.69, 9.17) is 39.9 Å². The number of hydrogen-bond acceptors (Lipinski definition) is 2. The average molecular weight is 385 g/mol. The van der Waals surface area contributed by atoms with E-state index in [1.807, 2.05) is 30.3 Å². The van der Waals surface area contributed by atoms with E-state index in [2.05, 4.69) is 5.32 Å². The van der Waals surface area contributed by atoms with Gasteiger partial charge in [0.2, 0.25) is 0 Å². The third kappa shape index (κ3) is 3.70. The SMILES string of the molecule is O=C(O)C1CCC(c2c(Cl)cc(Cl)cc2-c2cccc(Cl)c2)CN1. The minimum atomic E-state index is -0.814. The number of aliphatic carboxylic acids is 1. The molecular formula is C18H16Cl3NO2. The molecule has 126 valence electrons. The molecule has 2 atom stereocenters. The molecule has 0 radical (unpaired) electrons. The summed E-state index contributed by atoms with van der Waals surface area (Å²) in [7, 11) is 0. The number of carbonyl (C=O) groups is 1. The third-order valence-electron chi connectivity index (χ3n) is 4.35. The molecule has 2 N–H and O–H groups in total. The molecule has 1 aliphatic heterocycles. The monoisotopic (exact) mass is 383 g/mol. The van der Waals surface area contributed by atoms with Gasteiger partial charge >= 0.3 is 5.97 Å². The third-order valence-corrected chi connectivity index (χ3v) is 5.12. The maximum absolute atomic E-state index is 11.1. The number of carboxylic acids is 1. The van der Waals surface area contributed by atoms with E-state index in [9.17, 15) is 4.79 Å². The molecule has 3 rings (SSSR count). The van der Waals surface area contributed by atoms with E-state index < -0.39 is 12.0 Å². The van der Waals surface area contributed by atoms with Crippen molar-refractivity contribution in [3.05, 3.63) is 57.0 Å². The number of hydrogen-bond donors (Lipinski definition) is 2. The van der Waals surface area contributed by atoms with Gasteiger partial charge in [0.15, 0.2) is 0 Å². The van der Waals surface area contributed by atoms with Crippen LogP contribution in [0.5, 0.6) is 0 Å². The van der Waals surface area contributed by atoms with Gasteiger partial charge in [-0.25, -0.2) is 0 Å². The molecule has 0 spiro atoms. The highest BCUT2D eigenvalue weighted by Crippen LogP contribution is 2.40. The van der Waals surface area contributed by atoms with Gasteiger partial charge in [-0.3, -0.25) is 4.79 Å². The van der Waals surface area contributed by atoms with E-state index in [0.29, 0.717) is 28.0 Å². The van der Waals surface area contributed by atoms with Gasteiger partial charge in [0.25, 0.3) is 0 Å². The molecule has 2 aromatic rings. The molecule has 1 saturated heterocycles. The van der Waals surface area contributed by atoms with Crippen LogP contribution in [0.25, 0.3) is 11.1 Å². The van der Waals surface area contributed by atoms with E-state index in [0.717, 1.165) is 23.1 Å². The predicted octanol–water partition coefficient (Wildman–Crippen LogP) is 5.23. The lowest BCUT2D eigenvalue weighted by Crippen LogP contribution is -2.43. The van der Waals surface area contributed by atoms with Gasteiger partial charge in [-0.2, -0.15) is 0 Å². The Morgan fingerprint density at radius 3 is 2.50 bits per heavy atom. The van der Waals surface area contributed by atoms with Crippen molar-refractivity contribution >= 4 is 40.8 Å². The summed E-state index contributed by atoms with van der Waals surface area (Å²) in [5.74, 6) is -0.690. The van der Waals surface area contributed by atoms with Crippen molar-refractivity contribution in [2.45, 2.75) is 24.8 Å². The molecule has 0 amide bonds. The van der Waals surface area contributed by atoms with Crippen molar-refractivity contribution in [2.75, 3.05) is 6.54 Å². The van der Waals surface area contributed by atoms with Crippen molar-refractivity contribution in [1.29, 1.82) is 0 Å². The van der Waals surface area contributed by atoms with Crippen LogP contribution in [0.4, 0.5) is 0 Å². The van der Waals surface area contributed by atoms with Crippen LogP contribution in [0.2, 0.25) is 15.1 Å². The minimum absolute atomic E-state index is 0.124. The van der Waals surface area contributed by atoms with Crippen LogP contribution in [0, 0.1) is 0 Å². The van der Waals surface area contributed by atoms with Gasteiger partial charge < -0.3 is 10.4 Å². The van der Waals surface area contributed by atoms with Crippen molar-refractivity contribution in [2.24, 2.45) is 0 Å². The predicted molar refractivity (Wildman–Crippen MR) is 98.3 cm³/mol. The maximum Gasteiger partial charge on any atom is 0.320 e. The van der Waals surface area contributed by atoms with Crippen LogP contribution in [-0.4, -0.2) is 23.7 Å². The highest BCUT2D eigenvalue weighted by molar-refractivity contribution is 6.36. The summed E-state index contributed by atoms with van der Waals surface area (Å²) in [5, 5.41) is 14.0. The molecule has 6 heteroatoms. The van der Waals surface area contributed by atoms with Crippen molar-refractivity contribution < 1.29 is 9.90 Å². The molecule has 2 aromatic carbocycles. The van der Waals surface area contributed by atoms with Gasteiger partial charge in [0, 0.05) is 21.6 Å². The van der Waals surface area contributed by atoms with Crippen LogP contribution in [-0.2, 0) is 4.79 Å². The number of halogens is 3. The number of nitrogens with one attached hydrogen (secondary N) is 1. The first-order chi connectivity index (χ1) is 11.5. The Morgan fingerprint density at radius 1 is 1.08 bits per heavy atom. The summed E-state index contributed by atoms with van der Waals surface area (Å²) in [4.78, 5) is 11.1. The Morgan fingerprint density at radius 2 is 1.88 bits per heavy atom. The van der Waals surface area contributed by atoms with Crippen LogP contribution in [0.15, 0.2) is 36.4 Å². The summed E-state index contributed by atoms with van der Waals surface area (Å²) in [5.41, 5.74) is 2.87. The molecule has 0 saturated carbocycles. The van der Waals surface area contributed by atoms with Gasteiger partial charge in [-0.1, -0.05) is 46.9 Å². The van der Waals surface area contributed by atoms with Crippen LogP contribution in [0.1, 0.15) is 24.3 Å². The second kappa shape index (κ2) is 7.32. The first-order valence-corrected chi connectivity index (χ1v) is 8.80. The fraction of sp³-hybridized carbons (Fsp3) is 0.278. The summed E-state index contributed by atoms with van der Waals surface area (Å²) >= 11 is 18.8. The van der Waals surface area contributed by atoms with E-state index in [1.54, 1.807) is 6.07 Å². The van der Waals surface area contributed by atoms with Gasteiger partial charge in [0.05, 0.1) is 0 Å². The fourth-order valence-electron chi connectivity index (χ4n) is 3.21. The molecule has 24 heavy (non-hydrogen) atoms. The maximum atomic E-state index is 11.1. The number of carboxylic acid groups (broad SMARTS) is 1. The zero-order valence-electron chi connectivity index (χ0n) is 12.7. The van der Waals surface area contributed by atoms with Crippen LogP contribution in [0.3, 0.4) is 0 Å². The standard InChI is InChI=1S/C18H16Cl3NO2/c19-12-3-1-2-10(6-12)14-7-13(20)8-15(21)17(14)11-4-5-16(18(23)24)22-9-11/h1-3,6-8,11,16,22H,4-5,9H2,(H,23,24). The van der Waals surface area contributed by atoms with Crippen molar-refractivity contribution in [1.82, 2.24) is 5.32 Å². The van der Waals surface area contributed by atoms with E-state index in [1.165, 1.54) is 0 Å².